The molecule has 0 bridgehead atoms. The number of barbiturate groups is 1. The third-order valence-corrected chi connectivity index (χ3v) is 4.71. The van der Waals surface area contributed by atoms with Gasteiger partial charge < -0.3 is 14.6 Å². The number of carbonyl (C=O) groups is 3. The summed E-state index contributed by atoms with van der Waals surface area (Å²) in [7, 11) is 1.46. The number of phenols is 1. The van der Waals surface area contributed by atoms with Gasteiger partial charge in [-0.3, -0.25) is 14.9 Å². The standard InChI is InChI=1S/C21H17BrN2O6/c1-3-8-30-18-16(22)10-12(11-17(18)29-2)9-15-19(26)23-21(28)24(20(15)27)13-4-6-14(25)7-5-13/h3-7,9-11,25H,1,8H2,2H3,(H,23,26,28)/b15-9+. The highest BCUT2D eigenvalue weighted by Gasteiger charge is 2.36. The lowest BCUT2D eigenvalue weighted by atomic mass is 10.1. The Morgan fingerprint density at radius 1 is 1.20 bits per heavy atom. The Hall–Kier alpha value is -3.59. The Bertz CT molecular complexity index is 1060. The maximum Gasteiger partial charge on any atom is 0.335 e. The molecule has 0 saturated carbocycles. The molecule has 0 aliphatic carbocycles. The number of hydrogen-bond acceptors (Lipinski definition) is 6. The van der Waals surface area contributed by atoms with Crippen molar-refractivity contribution in [1.29, 1.82) is 0 Å². The summed E-state index contributed by atoms with van der Waals surface area (Å²) in [5.41, 5.74) is 0.445. The molecule has 1 fully saturated rings. The normalized spacial score (nSPS) is 15.2. The van der Waals surface area contributed by atoms with Crippen LogP contribution in [-0.4, -0.2) is 36.7 Å². The Balaban J connectivity index is 2.01. The van der Waals surface area contributed by atoms with Crippen LogP contribution in [0.25, 0.3) is 6.08 Å². The molecule has 2 aromatic rings. The van der Waals surface area contributed by atoms with E-state index in [-0.39, 0.29) is 23.6 Å². The molecule has 2 N–H and O–H groups in total. The highest BCUT2D eigenvalue weighted by molar-refractivity contribution is 9.10. The number of aromatic hydroxyl groups is 1. The van der Waals surface area contributed by atoms with Gasteiger partial charge >= 0.3 is 6.03 Å². The fraction of sp³-hybridized carbons (Fsp3) is 0.0952. The van der Waals surface area contributed by atoms with Crippen LogP contribution in [0.2, 0.25) is 0 Å². The summed E-state index contributed by atoms with van der Waals surface area (Å²) in [6.07, 6.45) is 2.93. The van der Waals surface area contributed by atoms with Gasteiger partial charge in [0.15, 0.2) is 11.5 Å². The largest absolute Gasteiger partial charge is 0.508 e. The molecule has 3 rings (SSSR count). The summed E-state index contributed by atoms with van der Waals surface area (Å²) in [6.45, 7) is 3.86. The van der Waals surface area contributed by atoms with Crippen LogP contribution in [0, 0.1) is 0 Å². The molecule has 4 amide bonds. The molecular formula is C21H17BrN2O6. The first-order chi connectivity index (χ1) is 14.3. The first kappa shape index (κ1) is 21.1. The van der Waals surface area contributed by atoms with Crippen molar-refractivity contribution in [3.63, 3.8) is 0 Å². The molecule has 0 unspecified atom stereocenters. The SMILES string of the molecule is C=CCOc1c(Br)cc(/C=C2\C(=O)NC(=O)N(c3ccc(O)cc3)C2=O)cc1OC. The van der Waals surface area contributed by atoms with Crippen LogP contribution in [0.4, 0.5) is 10.5 Å². The molecule has 0 aromatic heterocycles. The summed E-state index contributed by atoms with van der Waals surface area (Å²) in [4.78, 5) is 38.3. The number of nitrogens with zero attached hydrogens (tertiary/aromatic N) is 1. The minimum atomic E-state index is -0.875. The van der Waals surface area contributed by atoms with E-state index in [0.717, 1.165) is 4.90 Å². The van der Waals surface area contributed by atoms with Gasteiger partial charge in [-0.15, -0.1) is 0 Å². The third kappa shape index (κ3) is 4.20. The van der Waals surface area contributed by atoms with Crippen LogP contribution in [0.15, 0.2) is 59.1 Å². The van der Waals surface area contributed by atoms with Gasteiger partial charge in [0.2, 0.25) is 0 Å². The molecular weight excluding hydrogens is 456 g/mol. The number of carbonyl (C=O) groups excluding carboxylic acids is 3. The molecule has 0 atom stereocenters. The summed E-state index contributed by atoms with van der Waals surface area (Å²) in [5.74, 6) is -0.808. The molecule has 1 aliphatic rings. The summed E-state index contributed by atoms with van der Waals surface area (Å²) in [6, 6.07) is 7.82. The number of imide groups is 2. The number of benzene rings is 2. The fourth-order valence-corrected chi connectivity index (χ4v) is 3.34. The number of amides is 4. The van der Waals surface area contributed by atoms with Gasteiger partial charge in [-0.2, -0.15) is 0 Å². The zero-order chi connectivity index (χ0) is 21.8. The lowest BCUT2D eigenvalue weighted by Gasteiger charge is -2.26. The van der Waals surface area contributed by atoms with Crippen LogP contribution in [0.5, 0.6) is 17.2 Å². The van der Waals surface area contributed by atoms with E-state index in [0.29, 0.717) is 21.5 Å². The summed E-state index contributed by atoms with van der Waals surface area (Å²) in [5, 5.41) is 11.6. The third-order valence-electron chi connectivity index (χ3n) is 4.12. The number of halogens is 1. The molecule has 1 saturated heterocycles. The van der Waals surface area contributed by atoms with Crippen LogP contribution < -0.4 is 19.7 Å². The molecule has 30 heavy (non-hydrogen) atoms. The number of hydrogen-bond donors (Lipinski definition) is 2. The second-order valence-electron chi connectivity index (χ2n) is 6.11. The minimum Gasteiger partial charge on any atom is -0.508 e. The molecule has 8 nitrogen and oxygen atoms in total. The van der Waals surface area contributed by atoms with Gasteiger partial charge in [-0.1, -0.05) is 12.7 Å². The first-order valence-electron chi connectivity index (χ1n) is 8.67. The monoisotopic (exact) mass is 472 g/mol. The number of anilines is 1. The smallest absolute Gasteiger partial charge is 0.335 e. The van der Waals surface area contributed by atoms with Gasteiger partial charge in [-0.25, -0.2) is 9.69 Å². The van der Waals surface area contributed by atoms with Crippen molar-refractivity contribution in [2.24, 2.45) is 0 Å². The van der Waals surface area contributed by atoms with Crippen molar-refractivity contribution in [2.75, 3.05) is 18.6 Å². The zero-order valence-corrected chi connectivity index (χ0v) is 17.4. The van der Waals surface area contributed by atoms with Crippen molar-refractivity contribution in [1.82, 2.24) is 5.32 Å². The fourth-order valence-electron chi connectivity index (χ4n) is 2.77. The van der Waals surface area contributed by atoms with Gasteiger partial charge in [-0.05, 0) is 64.0 Å². The van der Waals surface area contributed by atoms with Crippen molar-refractivity contribution in [3.8, 4) is 17.2 Å². The van der Waals surface area contributed by atoms with Crippen molar-refractivity contribution in [2.45, 2.75) is 0 Å². The van der Waals surface area contributed by atoms with Gasteiger partial charge in [0.1, 0.15) is 17.9 Å². The van der Waals surface area contributed by atoms with E-state index < -0.39 is 17.8 Å². The van der Waals surface area contributed by atoms with Crippen LogP contribution in [0.3, 0.4) is 0 Å². The highest BCUT2D eigenvalue weighted by atomic mass is 79.9. The molecule has 2 aromatic carbocycles. The predicted octanol–water partition coefficient (Wildman–Crippen LogP) is 3.39. The molecule has 154 valence electrons. The maximum atomic E-state index is 12.9. The van der Waals surface area contributed by atoms with E-state index >= 15 is 0 Å². The topological polar surface area (TPSA) is 105 Å². The molecule has 1 aliphatic heterocycles. The lowest BCUT2D eigenvalue weighted by molar-refractivity contribution is -0.122. The van der Waals surface area contributed by atoms with Crippen LogP contribution >= 0.6 is 15.9 Å². The molecule has 1 heterocycles. The van der Waals surface area contributed by atoms with E-state index in [2.05, 4.69) is 27.8 Å². The number of urea groups is 1. The van der Waals surface area contributed by atoms with E-state index in [1.165, 1.54) is 37.5 Å². The highest BCUT2D eigenvalue weighted by Crippen LogP contribution is 2.37. The van der Waals surface area contributed by atoms with Crippen molar-refractivity contribution < 1.29 is 29.0 Å². The lowest BCUT2D eigenvalue weighted by Crippen LogP contribution is -2.54. The number of nitrogens with one attached hydrogen (secondary N) is 1. The average Bonchev–Trinajstić information content (AvgIpc) is 2.71. The van der Waals surface area contributed by atoms with E-state index in [9.17, 15) is 19.5 Å². The first-order valence-corrected chi connectivity index (χ1v) is 9.46. The zero-order valence-electron chi connectivity index (χ0n) is 15.8. The summed E-state index contributed by atoms with van der Waals surface area (Å²) < 4.78 is 11.4. The number of phenolic OH excluding ortho intramolecular Hbond substituents is 1. The van der Waals surface area contributed by atoms with Gasteiger partial charge in [0, 0.05) is 0 Å². The van der Waals surface area contributed by atoms with Crippen molar-refractivity contribution in [3.05, 3.63) is 64.7 Å². The maximum absolute atomic E-state index is 12.9. The van der Waals surface area contributed by atoms with Crippen LogP contribution in [-0.2, 0) is 9.59 Å². The number of rotatable bonds is 6. The van der Waals surface area contributed by atoms with Crippen molar-refractivity contribution >= 4 is 45.5 Å². The van der Waals surface area contributed by atoms with E-state index in [1.807, 2.05) is 0 Å². The Morgan fingerprint density at radius 3 is 2.53 bits per heavy atom. The Labute approximate surface area is 180 Å². The summed E-state index contributed by atoms with van der Waals surface area (Å²) >= 11 is 3.39. The second kappa shape index (κ2) is 8.83. The molecule has 0 radical (unpaired) electrons. The van der Waals surface area contributed by atoms with Gasteiger partial charge in [0.25, 0.3) is 11.8 Å². The van der Waals surface area contributed by atoms with E-state index in [4.69, 9.17) is 9.47 Å². The van der Waals surface area contributed by atoms with Crippen LogP contribution in [0.1, 0.15) is 5.56 Å². The van der Waals surface area contributed by atoms with Gasteiger partial charge in [0.05, 0.1) is 17.3 Å². The second-order valence-corrected chi connectivity index (χ2v) is 6.96. The Morgan fingerprint density at radius 2 is 1.90 bits per heavy atom. The Kier molecular flexibility index (Phi) is 6.22. The minimum absolute atomic E-state index is 0.0221. The number of methoxy groups -OCH3 is 1. The molecule has 0 spiro atoms. The predicted molar refractivity (Wildman–Crippen MR) is 113 cm³/mol. The average molecular weight is 473 g/mol. The quantitative estimate of drug-likeness (QED) is 0.379. The van der Waals surface area contributed by atoms with E-state index in [1.54, 1.807) is 18.2 Å². The molecule has 9 heteroatoms. The number of ether oxygens (including phenoxy) is 2.